The minimum absolute atomic E-state index is 0.130. The number of aryl methyl sites for hydroxylation is 1. The molecule has 7 heteroatoms. The van der Waals surface area contributed by atoms with Crippen LogP contribution in [0.2, 0.25) is 5.02 Å². The van der Waals surface area contributed by atoms with Crippen molar-refractivity contribution in [3.63, 3.8) is 0 Å². The van der Waals surface area contributed by atoms with E-state index in [9.17, 15) is 14.0 Å². The third-order valence-electron chi connectivity index (χ3n) is 2.60. The maximum absolute atomic E-state index is 13.4. The van der Waals surface area contributed by atoms with E-state index in [0.717, 1.165) is 15.8 Å². The first-order valence-corrected chi connectivity index (χ1v) is 7.24. The monoisotopic (exact) mass is 326 g/mol. The Bertz CT molecular complexity index is 687. The lowest BCUT2D eigenvalue weighted by molar-refractivity contribution is -0.136. The van der Waals surface area contributed by atoms with Crippen molar-refractivity contribution in [3.8, 4) is 0 Å². The highest BCUT2D eigenvalue weighted by atomic mass is 35.5. The van der Waals surface area contributed by atoms with Gasteiger partial charge in [0.15, 0.2) is 0 Å². The van der Waals surface area contributed by atoms with Crippen molar-refractivity contribution >= 4 is 40.4 Å². The van der Waals surface area contributed by atoms with Gasteiger partial charge in [-0.25, -0.2) is 4.39 Å². The minimum atomic E-state index is -0.940. The number of hydrogen-bond donors (Lipinski definition) is 2. The third-order valence-corrected chi connectivity index (χ3v) is 3.84. The topological polar surface area (TPSA) is 58.2 Å². The Kier molecular flexibility index (Phi) is 4.93. The molecule has 4 nitrogen and oxygen atoms in total. The number of anilines is 1. The lowest BCUT2D eigenvalue weighted by Crippen LogP contribution is -2.35. The fourth-order valence-corrected chi connectivity index (χ4v) is 2.60. The van der Waals surface area contributed by atoms with Gasteiger partial charge in [0, 0.05) is 14.8 Å². The van der Waals surface area contributed by atoms with E-state index in [1.165, 1.54) is 23.5 Å². The fraction of sp³-hybridized carbons (Fsp3) is 0.143. The van der Waals surface area contributed by atoms with Crippen molar-refractivity contribution in [2.45, 2.75) is 13.5 Å². The third kappa shape index (κ3) is 4.27. The van der Waals surface area contributed by atoms with Gasteiger partial charge in [-0.15, -0.1) is 11.3 Å². The zero-order chi connectivity index (χ0) is 15.4. The lowest BCUT2D eigenvalue weighted by atomic mass is 10.3. The molecule has 0 radical (unpaired) electrons. The second-order valence-electron chi connectivity index (χ2n) is 4.27. The van der Waals surface area contributed by atoms with Gasteiger partial charge in [0.1, 0.15) is 5.82 Å². The highest BCUT2D eigenvalue weighted by molar-refractivity contribution is 7.11. The highest BCUT2D eigenvalue weighted by Crippen LogP contribution is 2.19. The molecule has 21 heavy (non-hydrogen) atoms. The molecule has 0 aliphatic carbocycles. The molecule has 2 N–H and O–H groups in total. The van der Waals surface area contributed by atoms with Gasteiger partial charge >= 0.3 is 11.8 Å². The molecular weight excluding hydrogens is 315 g/mol. The van der Waals surface area contributed by atoms with Gasteiger partial charge in [-0.3, -0.25) is 9.59 Å². The molecule has 2 aromatic rings. The summed E-state index contributed by atoms with van der Waals surface area (Å²) in [4.78, 5) is 25.4. The zero-order valence-electron chi connectivity index (χ0n) is 11.1. The van der Waals surface area contributed by atoms with Crippen molar-refractivity contribution in [2.24, 2.45) is 0 Å². The summed E-state index contributed by atoms with van der Waals surface area (Å²) in [5, 5.41) is 4.92. The molecule has 0 aliphatic heterocycles. The molecule has 1 heterocycles. The summed E-state index contributed by atoms with van der Waals surface area (Å²) in [7, 11) is 0. The molecule has 1 aromatic heterocycles. The predicted octanol–water partition coefficient (Wildman–Crippen LogP) is 3.10. The number of thiophene rings is 1. The Hall–Kier alpha value is -1.92. The second kappa shape index (κ2) is 6.69. The van der Waals surface area contributed by atoms with Crippen LogP contribution < -0.4 is 10.6 Å². The number of benzene rings is 1. The summed E-state index contributed by atoms with van der Waals surface area (Å²) >= 11 is 7.23. The van der Waals surface area contributed by atoms with Gasteiger partial charge in [0.2, 0.25) is 0 Å². The van der Waals surface area contributed by atoms with E-state index in [2.05, 4.69) is 10.6 Å². The largest absolute Gasteiger partial charge is 0.343 e. The average Bonchev–Trinajstić information content (AvgIpc) is 2.86. The Balaban J connectivity index is 1.93. The predicted molar refractivity (Wildman–Crippen MR) is 80.9 cm³/mol. The van der Waals surface area contributed by atoms with Crippen LogP contribution in [0.4, 0.5) is 10.1 Å². The van der Waals surface area contributed by atoms with Crippen LogP contribution in [0.1, 0.15) is 9.75 Å². The minimum Gasteiger partial charge on any atom is -0.343 e. The Labute approximate surface area is 129 Å². The number of rotatable bonds is 3. The molecule has 1 aromatic carbocycles. The van der Waals surface area contributed by atoms with Crippen LogP contribution in [0.25, 0.3) is 0 Å². The molecule has 0 bridgehead atoms. The van der Waals surface area contributed by atoms with E-state index in [1.54, 1.807) is 0 Å². The molecular formula is C14H12ClFN2O2S. The first kappa shape index (κ1) is 15.5. The smallest absolute Gasteiger partial charge is 0.313 e. The van der Waals surface area contributed by atoms with Crippen LogP contribution in [0.3, 0.4) is 0 Å². The Morgan fingerprint density at radius 3 is 2.67 bits per heavy atom. The molecule has 0 saturated heterocycles. The van der Waals surface area contributed by atoms with E-state index in [1.807, 2.05) is 19.1 Å². The summed E-state index contributed by atoms with van der Waals surface area (Å²) in [6.07, 6.45) is 0. The van der Waals surface area contributed by atoms with Gasteiger partial charge in [0.25, 0.3) is 0 Å². The van der Waals surface area contributed by atoms with Gasteiger partial charge in [-0.2, -0.15) is 0 Å². The number of carbonyl (C=O) groups is 2. The fourth-order valence-electron chi connectivity index (χ4n) is 1.60. The zero-order valence-corrected chi connectivity index (χ0v) is 12.6. The standard InChI is InChI=1S/C14H12ClFN2O2S/c1-8-2-4-10(21-8)7-17-13(19)14(20)18-12-6-9(15)3-5-11(12)16/h2-6H,7H2,1H3,(H,17,19)(H,18,20). The Morgan fingerprint density at radius 1 is 1.24 bits per heavy atom. The number of amides is 2. The number of halogens is 2. The first-order valence-electron chi connectivity index (χ1n) is 6.05. The molecule has 0 saturated carbocycles. The summed E-state index contributed by atoms with van der Waals surface area (Å²) in [5.41, 5.74) is -0.130. The van der Waals surface area contributed by atoms with E-state index in [-0.39, 0.29) is 17.3 Å². The van der Waals surface area contributed by atoms with Crippen LogP contribution in [-0.4, -0.2) is 11.8 Å². The number of carbonyl (C=O) groups excluding carboxylic acids is 2. The molecule has 110 valence electrons. The molecule has 0 unspecified atom stereocenters. The van der Waals surface area contributed by atoms with E-state index in [0.29, 0.717) is 0 Å². The van der Waals surface area contributed by atoms with Crippen LogP contribution in [-0.2, 0) is 16.1 Å². The van der Waals surface area contributed by atoms with Crippen molar-refractivity contribution in [1.29, 1.82) is 0 Å². The molecule has 0 aliphatic rings. The van der Waals surface area contributed by atoms with E-state index < -0.39 is 17.6 Å². The summed E-state index contributed by atoms with van der Waals surface area (Å²) < 4.78 is 13.4. The van der Waals surface area contributed by atoms with Gasteiger partial charge in [-0.1, -0.05) is 11.6 Å². The van der Waals surface area contributed by atoms with Crippen molar-refractivity contribution in [1.82, 2.24) is 5.32 Å². The lowest BCUT2D eigenvalue weighted by Gasteiger charge is -2.07. The summed E-state index contributed by atoms with van der Waals surface area (Å²) in [6, 6.07) is 7.50. The second-order valence-corrected chi connectivity index (χ2v) is 6.08. The molecule has 0 atom stereocenters. The number of nitrogens with one attached hydrogen (secondary N) is 2. The first-order chi connectivity index (χ1) is 9.95. The van der Waals surface area contributed by atoms with Crippen molar-refractivity contribution in [3.05, 3.63) is 50.9 Å². The van der Waals surface area contributed by atoms with Crippen molar-refractivity contribution in [2.75, 3.05) is 5.32 Å². The van der Waals surface area contributed by atoms with Crippen LogP contribution in [0.5, 0.6) is 0 Å². The van der Waals surface area contributed by atoms with Gasteiger partial charge in [0.05, 0.1) is 12.2 Å². The van der Waals surface area contributed by atoms with Crippen LogP contribution in [0.15, 0.2) is 30.3 Å². The van der Waals surface area contributed by atoms with Crippen LogP contribution >= 0.6 is 22.9 Å². The molecule has 2 rings (SSSR count). The van der Waals surface area contributed by atoms with Gasteiger partial charge in [-0.05, 0) is 37.3 Å². The molecule has 0 fully saturated rings. The normalized spacial score (nSPS) is 10.2. The number of hydrogen-bond acceptors (Lipinski definition) is 3. The average molecular weight is 327 g/mol. The molecule has 0 spiro atoms. The van der Waals surface area contributed by atoms with Crippen LogP contribution in [0, 0.1) is 12.7 Å². The molecule has 2 amide bonds. The Morgan fingerprint density at radius 2 is 2.00 bits per heavy atom. The SMILES string of the molecule is Cc1ccc(CNC(=O)C(=O)Nc2cc(Cl)ccc2F)s1. The maximum Gasteiger partial charge on any atom is 0.313 e. The van der Waals surface area contributed by atoms with E-state index >= 15 is 0 Å². The highest BCUT2D eigenvalue weighted by Gasteiger charge is 2.15. The maximum atomic E-state index is 13.4. The quantitative estimate of drug-likeness (QED) is 0.851. The van der Waals surface area contributed by atoms with E-state index in [4.69, 9.17) is 11.6 Å². The summed E-state index contributed by atoms with van der Waals surface area (Å²) in [5.74, 6) is -2.43. The van der Waals surface area contributed by atoms with Gasteiger partial charge < -0.3 is 10.6 Å². The van der Waals surface area contributed by atoms with Crippen molar-refractivity contribution < 1.29 is 14.0 Å². The summed E-state index contributed by atoms with van der Waals surface area (Å²) in [6.45, 7) is 2.20.